The van der Waals surface area contributed by atoms with Crippen LogP contribution in [0.3, 0.4) is 0 Å². The minimum atomic E-state index is -0.432. The maximum absolute atomic E-state index is 10.9. The van der Waals surface area contributed by atoms with Crippen LogP contribution in [-0.2, 0) is 0 Å². The van der Waals surface area contributed by atoms with Gasteiger partial charge >= 0.3 is 0 Å². The van der Waals surface area contributed by atoms with Crippen LogP contribution in [0.15, 0.2) is 6.07 Å². The molecule has 0 aliphatic carbocycles. The van der Waals surface area contributed by atoms with Gasteiger partial charge in [-0.1, -0.05) is 23.2 Å². The fourth-order valence-corrected chi connectivity index (χ4v) is 2.03. The first kappa shape index (κ1) is 8.80. The Bertz CT molecular complexity index is 286. The molecule has 1 rings (SSSR count). The van der Waals surface area contributed by atoms with Crippen LogP contribution >= 0.6 is 34.5 Å². The average molecular weight is 211 g/mol. The Balaban J connectivity index is 3.03. The van der Waals surface area contributed by atoms with E-state index in [1.54, 1.807) is 0 Å². The fraction of sp³-hybridized carbons (Fsp3) is 0. The zero-order valence-corrected chi connectivity index (χ0v) is 7.56. The zero-order chi connectivity index (χ0) is 8.43. The third kappa shape index (κ3) is 1.84. The summed E-state index contributed by atoms with van der Waals surface area (Å²) in [6.45, 7) is 0. The van der Waals surface area contributed by atoms with Crippen LogP contribution < -0.4 is 11.3 Å². The summed E-state index contributed by atoms with van der Waals surface area (Å²) in [5.74, 6) is 4.45. The molecule has 0 unspecified atom stereocenters. The number of hydrogen-bond acceptors (Lipinski definition) is 3. The van der Waals surface area contributed by atoms with E-state index < -0.39 is 5.91 Å². The molecule has 0 atom stereocenters. The predicted molar refractivity (Wildman–Crippen MR) is 46.0 cm³/mol. The molecule has 1 aromatic heterocycles. The molecule has 0 spiro atoms. The van der Waals surface area contributed by atoms with Crippen molar-refractivity contribution in [2.75, 3.05) is 0 Å². The molecule has 3 N–H and O–H groups in total. The highest BCUT2D eigenvalue weighted by atomic mass is 35.5. The van der Waals surface area contributed by atoms with Gasteiger partial charge in [0.2, 0.25) is 0 Å². The van der Waals surface area contributed by atoms with E-state index in [4.69, 9.17) is 29.0 Å². The van der Waals surface area contributed by atoms with E-state index in [-0.39, 0.29) is 0 Å². The zero-order valence-electron chi connectivity index (χ0n) is 5.23. The monoisotopic (exact) mass is 210 g/mol. The number of amides is 1. The first-order valence-corrected chi connectivity index (χ1v) is 4.18. The molecule has 0 radical (unpaired) electrons. The Morgan fingerprint density at radius 3 is 2.64 bits per heavy atom. The SMILES string of the molecule is NNC(=O)c1cc(Cl)sc1Cl. The number of hydrazine groups is 1. The summed E-state index contributed by atoms with van der Waals surface area (Å²) in [6, 6.07) is 1.47. The lowest BCUT2D eigenvalue weighted by atomic mass is 10.3. The van der Waals surface area contributed by atoms with E-state index in [0.29, 0.717) is 14.2 Å². The highest BCUT2D eigenvalue weighted by Gasteiger charge is 2.12. The van der Waals surface area contributed by atoms with Gasteiger partial charge in [0.1, 0.15) is 4.34 Å². The lowest BCUT2D eigenvalue weighted by Gasteiger charge is -1.93. The number of hydrogen-bond donors (Lipinski definition) is 2. The van der Waals surface area contributed by atoms with E-state index in [1.807, 2.05) is 5.43 Å². The lowest BCUT2D eigenvalue weighted by molar-refractivity contribution is 0.0954. The summed E-state index contributed by atoms with van der Waals surface area (Å²) in [7, 11) is 0. The van der Waals surface area contributed by atoms with Gasteiger partial charge < -0.3 is 0 Å². The van der Waals surface area contributed by atoms with Gasteiger partial charge in [0.05, 0.1) is 9.90 Å². The van der Waals surface area contributed by atoms with Crippen molar-refractivity contribution in [3.63, 3.8) is 0 Å². The predicted octanol–water partition coefficient (Wildman–Crippen LogP) is 1.66. The van der Waals surface area contributed by atoms with Gasteiger partial charge in [0, 0.05) is 0 Å². The molecule has 60 valence electrons. The molecule has 0 saturated carbocycles. The van der Waals surface area contributed by atoms with E-state index >= 15 is 0 Å². The van der Waals surface area contributed by atoms with Crippen LogP contribution in [0.4, 0.5) is 0 Å². The molecule has 1 amide bonds. The number of thiophene rings is 1. The largest absolute Gasteiger partial charge is 0.290 e. The van der Waals surface area contributed by atoms with Gasteiger partial charge in [0.25, 0.3) is 5.91 Å². The van der Waals surface area contributed by atoms with Crippen LogP contribution in [0.5, 0.6) is 0 Å². The summed E-state index contributed by atoms with van der Waals surface area (Å²) in [5.41, 5.74) is 2.27. The van der Waals surface area contributed by atoms with Crippen molar-refractivity contribution in [3.05, 3.63) is 20.3 Å². The topological polar surface area (TPSA) is 55.1 Å². The summed E-state index contributed by atoms with van der Waals surface area (Å²) in [4.78, 5) is 10.9. The summed E-state index contributed by atoms with van der Waals surface area (Å²) in [5, 5.41) is 0. The van der Waals surface area contributed by atoms with Crippen molar-refractivity contribution in [3.8, 4) is 0 Å². The van der Waals surface area contributed by atoms with E-state index in [0.717, 1.165) is 11.3 Å². The smallest absolute Gasteiger partial charge is 0.267 e. The molecule has 0 bridgehead atoms. The Morgan fingerprint density at radius 1 is 1.64 bits per heavy atom. The molecular weight excluding hydrogens is 207 g/mol. The molecular formula is C5H4Cl2N2OS. The second-order valence-corrected chi connectivity index (χ2v) is 4.00. The van der Waals surface area contributed by atoms with Crippen LogP contribution in [0.1, 0.15) is 10.4 Å². The van der Waals surface area contributed by atoms with Crippen molar-refractivity contribution < 1.29 is 4.79 Å². The number of rotatable bonds is 1. The molecule has 1 aromatic rings. The Hall–Kier alpha value is -0.290. The second kappa shape index (κ2) is 3.40. The molecule has 11 heavy (non-hydrogen) atoms. The van der Waals surface area contributed by atoms with Crippen LogP contribution in [0.2, 0.25) is 8.67 Å². The molecule has 0 aliphatic heterocycles. The molecule has 0 fully saturated rings. The molecule has 1 heterocycles. The van der Waals surface area contributed by atoms with Gasteiger partial charge in [-0.25, -0.2) is 5.84 Å². The highest BCUT2D eigenvalue weighted by Crippen LogP contribution is 2.30. The Labute approximate surface area is 77.1 Å². The third-order valence-electron chi connectivity index (χ3n) is 1.03. The van der Waals surface area contributed by atoms with Crippen LogP contribution in [0, 0.1) is 0 Å². The van der Waals surface area contributed by atoms with Gasteiger partial charge in [-0.05, 0) is 6.07 Å². The molecule has 3 nitrogen and oxygen atoms in total. The summed E-state index contributed by atoms with van der Waals surface area (Å²) >= 11 is 12.3. The maximum Gasteiger partial charge on any atom is 0.267 e. The molecule has 0 aromatic carbocycles. The minimum absolute atomic E-state index is 0.309. The minimum Gasteiger partial charge on any atom is -0.290 e. The number of carbonyl (C=O) groups excluding carboxylic acids is 1. The van der Waals surface area contributed by atoms with E-state index in [2.05, 4.69) is 0 Å². The Morgan fingerprint density at radius 2 is 2.27 bits per heavy atom. The number of carbonyl (C=O) groups is 1. The maximum atomic E-state index is 10.9. The number of halogens is 2. The third-order valence-corrected chi connectivity index (χ3v) is 2.52. The first-order chi connectivity index (χ1) is 5.15. The van der Waals surface area contributed by atoms with Crippen molar-refractivity contribution in [2.24, 2.45) is 5.84 Å². The normalized spacial score (nSPS) is 9.73. The van der Waals surface area contributed by atoms with Crippen molar-refractivity contribution in [2.45, 2.75) is 0 Å². The van der Waals surface area contributed by atoms with Gasteiger partial charge in [-0.2, -0.15) is 0 Å². The van der Waals surface area contributed by atoms with Gasteiger partial charge in [-0.3, -0.25) is 10.2 Å². The summed E-state index contributed by atoms with van der Waals surface area (Å²) in [6.07, 6.45) is 0. The lowest BCUT2D eigenvalue weighted by Crippen LogP contribution is -2.29. The summed E-state index contributed by atoms with van der Waals surface area (Å²) < 4.78 is 0.812. The standard InChI is InChI=1S/C5H4Cl2N2OS/c6-3-1-2(4(7)11-3)5(10)9-8/h1H,8H2,(H,9,10). The fourth-order valence-electron chi connectivity index (χ4n) is 0.573. The molecule has 6 heteroatoms. The van der Waals surface area contributed by atoms with Crippen LogP contribution in [-0.4, -0.2) is 5.91 Å². The van der Waals surface area contributed by atoms with E-state index in [9.17, 15) is 4.79 Å². The molecule has 0 saturated heterocycles. The van der Waals surface area contributed by atoms with Crippen molar-refractivity contribution in [1.29, 1.82) is 0 Å². The number of nitrogens with one attached hydrogen (secondary N) is 1. The quantitative estimate of drug-likeness (QED) is 0.421. The van der Waals surface area contributed by atoms with Crippen molar-refractivity contribution >= 4 is 40.4 Å². The van der Waals surface area contributed by atoms with Crippen LogP contribution in [0.25, 0.3) is 0 Å². The molecule has 0 aliphatic rings. The average Bonchev–Trinajstić information content (AvgIpc) is 2.28. The Kier molecular flexibility index (Phi) is 2.72. The van der Waals surface area contributed by atoms with Gasteiger partial charge in [-0.15, -0.1) is 11.3 Å². The second-order valence-electron chi connectivity index (χ2n) is 1.71. The number of nitrogen functional groups attached to an aromatic ring is 1. The number of nitrogens with two attached hydrogens (primary N) is 1. The highest BCUT2D eigenvalue weighted by molar-refractivity contribution is 7.20. The van der Waals surface area contributed by atoms with Gasteiger partial charge in [0.15, 0.2) is 0 Å². The van der Waals surface area contributed by atoms with Crippen molar-refractivity contribution in [1.82, 2.24) is 5.43 Å². The van der Waals surface area contributed by atoms with E-state index in [1.165, 1.54) is 6.07 Å². The first-order valence-electron chi connectivity index (χ1n) is 2.61.